The van der Waals surface area contributed by atoms with Gasteiger partial charge in [-0.25, -0.2) is 4.98 Å². The second kappa shape index (κ2) is 6.80. The second-order valence-electron chi connectivity index (χ2n) is 6.83. The number of rotatable bonds is 4. The number of nitrogens with one attached hydrogen (secondary N) is 1. The van der Waals surface area contributed by atoms with Crippen molar-refractivity contribution in [2.45, 2.75) is 20.8 Å². The highest BCUT2D eigenvalue weighted by Gasteiger charge is 2.18. The average molecular weight is 357 g/mol. The third kappa shape index (κ3) is 3.04. The van der Waals surface area contributed by atoms with Crippen LogP contribution in [0.3, 0.4) is 0 Å². The lowest BCUT2D eigenvalue weighted by atomic mass is 10.1. The quantitative estimate of drug-likeness (QED) is 0.511. The van der Waals surface area contributed by atoms with Crippen LogP contribution in [-0.2, 0) is 0 Å². The van der Waals surface area contributed by atoms with Crippen LogP contribution >= 0.6 is 0 Å². The van der Waals surface area contributed by atoms with E-state index in [0.717, 1.165) is 34.2 Å². The van der Waals surface area contributed by atoms with E-state index in [2.05, 4.69) is 67.0 Å². The van der Waals surface area contributed by atoms with Gasteiger partial charge >= 0.3 is 0 Å². The lowest BCUT2D eigenvalue weighted by Crippen LogP contribution is -2.01. The van der Waals surface area contributed by atoms with Gasteiger partial charge in [0.2, 0.25) is 0 Å². The number of hydrogen-bond acceptors (Lipinski definition) is 3. The number of fused-ring (bicyclic) bond motifs is 1. The first-order valence-electron chi connectivity index (χ1n) is 9.04. The van der Waals surface area contributed by atoms with Gasteiger partial charge in [0, 0.05) is 17.4 Å². The number of benzene rings is 2. The van der Waals surface area contributed by atoms with Crippen molar-refractivity contribution in [2.24, 2.45) is 0 Å². The van der Waals surface area contributed by atoms with Gasteiger partial charge in [0.25, 0.3) is 0 Å². The maximum Gasteiger partial charge on any atom is 0.143 e. The molecule has 0 saturated carbocycles. The summed E-state index contributed by atoms with van der Waals surface area (Å²) < 4.78 is 7.69. The Kier molecular flexibility index (Phi) is 4.32. The molecular weight excluding hydrogens is 334 g/mol. The summed E-state index contributed by atoms with van der Waals surface area (Å²) in [6.45, 7) is 6.31. The molecule has 4 aromatic rings. The third-order valence-corrected chi connectivity index (χ3v) is 4.87. The van der Waals surface area contributed by atoms with Crippen LogP contribution in [-0.4, -0.2) is 16.5 Å². The zero-order valence-corrected chi connectivity index (χ0v) is 16.1. The van der Waals surface area contributed by atoms with Crippen molar-refractivity contribution in [1.29, 1.82) is 0 Å². The fourth-order valence-electron chi connectivity index (χ4n) is 3.42. The first-order valence-corrected chi connectivity index (χ1v) is 9.04. The van der Waals surface area contributed by atoms with Crippen LogP contribution in [0.2, 0.25) is 0 Å². The van der Waals surface area contributed by atoms with Gasteiger partial charge in [-0.15, -0.1) is 0 Å². The van der Waals surface area contributed by atoms with Crippen LogP contribution in [0, 0.1) is 20.8 Å². The van der Waals surface area contributed by atoms with E-state index in [1.807, 2.05) is 24.3 Å². The Labute approximate surface area is 159 Å². The van der Waals surface area contributed by atoms with Gasteiger partial charge in [0.15, 0.2) is 0 Å². The third-order valence-electron chi connectivity index (χ3n) is 4.87. The number of ether oxygens (including phenoxy) is 1. The maximum absolute atomic E-state index is 5.60. The molecule has 0 aliphatic heterocycles. The number of nitrogens with zero attached hydrogens (tertiary/aromatic N) is 2. The molecule has 1 N–H and O–H groups in total. The van der Waals surface area contributed by atoms with Gasteiger partial charge in [-0.3, -0.25) is 4.40 Å². The fourth-order valence-corrected chi connectivity index (χ4v) is 3.42. The van der Waals surface area contributed by atoms with E-state index < -0.39 is 0 Å². The Hall–Kier alpha value is -3.27. The van der Waals surface area contributed by atoms with Crippen LogP contribution in [0.4, 0.5) is 11.5 Å². The summed E-state index contributed by atoms with van der Waals surface area (Å²) in [5, 5.41) is 3.65. The highest BCUT2D eigenvalue weighted by molar-refractivity contribution is 5.83. The Morgan fingerprint density at radius 3 is 2.41 bits per heavy atom. The van der Waals surface area contributed by atoms with Gasteiger partial charge in [-0.05, 0) is 61.7 Å². The van der Waals surface area contributed by atoms with Crippen molar-refractivity contribution in [3.8, 4) is 17.0 Å². The zero-order chi connectivity index (χ0) is 19.0. The Morgan fingerprint density at radius 2 is 1.67 bits per heavy atom. The molecule has 0 aliphatic carbocycles. The molecule has 0 unspecified atom stereocenters. The minimum absolute atomic E-state index is 0.808. The van der Waals surface area contributed by atoms with Crippen molar-refractivity contribution in [2.75, 3.05) is 12.4 Å². The highest BCUT2D eigenvalue weighted by Crippen LogP contribution is 2.37. The molecule has 4 nitrogen and oxygen atoms in total. The van der Waals surface area contributed by atoms with E-state index in [1.54, 1.807) is 7.11 Å². The highest BCUT2D eigenvalue weighted by atomic mass is 16.5. The number of hydrogen-bond donors (Lipinski definition) is 1. The van der Waals surface area contributed by atoms with Crippen molar-refractivity contribution < 1.29 is 4.74 Å². The van der Waals surface area contributed by atoms with Crippen LogP contribution in [0.5, 0.6) is 5.75 Å². The van der Waals surface area contributed by atoms with Crippen LogP contribution in [0.15, 0.2) is 60.8 Å². The summed E-state index contributed by atoms with van der Waals surface area (Å²) in [6, 6.07) is 18.5. The summed E-state index contributed by atoms with van der Waals surface area (Å²) in [7, 11) is 1.69. The van der Waals surface area contributed by atoms with Gasteiger partial charge in [0.1, 0.15) is 22.9 Å². The van der Waals surface area contributed by atoms with Gasteiger partial charge < -0.3 is 10.1 Å². The standard InChI is InChI=1S/C23H23N3O/c1-15-12-13-26-20(14-15)24-22(18-10-5-6-11-19(18)27-4)23(26)25-21-16(2)8-7-9-17(21)3/h5-14,25H,1-4H3. The Morgan fingerprint density at radius 1 is 0.926 bits per heavy atom. The molecule has 0 saturated heterocycles. The number of anilines is 2. The summed E-state index contributed by atoms with van der Waals surface area (Å²) in [5.41, 5.74) is 7.43. The Bertz CT molecular complexity index is 1110. The molecule has 4 heteroatoms. The van der Waals surface area contributed by atoms with Crippen molar-refractivity contribution in [1.82, 2.24) is 9.38 Å². The monoisotopic (exact) mass is 357 g/mol. The molecule has 0 atom stereocenters. The molecule has 136 valence electrons. The minimum Gasteiger partial charge on any atom is -0.496 e. The predicted molar refractivity (Wildman–Crippen MR) is 111 cm³/mol. The molecule has 4 rings (SSSR count). The average Bonchev–Trinajstić information content (AvgIpc) is 3.02. The number of methoxy groups -OCH3 is 1. The summed E-state index contributed by atoms with van der Waals surface area (Å²) in [6.07, 6.45) is 2.06. The van der Waals surface area contributed by atoms with Crippen molar-refractivity contribution >= 4 is 17.2 Å². The van der Waals surface area contributed by atoms with Gasteiger partial charge in [-0.1, -0.05) is 30.3 Å². The SMILES string of the molecule is COc1ccccc1-c1nc2cc(C)ccn2c1Nc1c(C)cccc1C. The molecular formula is C23H23N3O. The topological polar surface area (TPSA) is 38.6 Å². The van der Waals surface area contributed by atoms with Gasteiger partial charge in [-0.2, -0.15) is 0 Å². The normalized spacial score (nSPS) is 11.0. The van der Waals surface area contributed by atoms with E-state index in [1.165, 1.54) is 16.7 Å². The lowest BCUT2D eigenvalue weighted by molar-refractivity contribution is 0.416. The number of aryl methyl sites for hydroxylation is 3. The van der Waals surface area contributed by atoms with Gasteiger partial charge in [0.05, 0.1) is 7.11 Å². The van der Waals surface area contributed by atoms with Crippen LogP contribution < -0.4 is 10.1 Å². The summed E-state index contributed by atoms with van der Waals surface area (Å²) >= 11 is 0. The molecule has 2 heterocycles. The van der Waals surface area contributed by atoms with E-state index in [0.29, 0.717) is 0 Å². The number of imidazole rings is 1. The minimum atomic E-state index is 0.808. The molecule has 0 bridgehead atoms. The first kappa shape index (κ1) is 17.2. The second-order valence-corrected chi connectivity index (χ2v) is 6.83. The first-order chi connectivity index (χ1) is 13.1. The largest absolute Gasteiger partial charge is 0.496 e. The van der Waals surface area contributed by atoms with Crippen LogP contribution in [0.25, 0.3) is 16.9 Å². The molecule has 2 aromatic heterocycles. The van der Waals surface area contributed by atoms with Crippen LogP contribution in [0.1, 0.15) is 16.7 Å². The summed E-state index contributed by atoms with van der Waals surface area (Å²) in [4.78, 5) is 4.93. The fraction of sp³-hybridized carbons (Fsp3) is 0.174. The smallest absolute Gasteiger partial charge is 0.143 e. The molecule has 0 spiro atoms. The summed E-state index contributed by atoms with van der Waals surface area (Å²) in [5.74, 6) is 1.74. The Balaban J connectivity index is 1.97. The molecule has 0 aliphatic rings. The van der Waals surface area contributed by atoms with E-state index in [9.17, 15) is 0 Å². The van der Waals surface area contributed by atoms with Crippen molar-refractivity contribution in [3.05, 3.63) is 77.5 Å². The number of aromatic nitrogens is 2. The van der Waals surface area contributed by atoms with E-state index >= 15 is 0 Å². The van der Waals surface area contributed by atoms with E-state index in [4.69, 9.17) is 9.72 Å². The molecule has 0 fully saturated rings. The molecule has 27 heavy (non-hydrogen) atoms. The van der Waals surface area contributed by atoms with Crippen molar-refractivity contribution in [3.63, 3.8) is 0 Å². The maximum atomic E-state index is 5.60. The molecule has 0 radical (unpaired) electrons. The molecule has 0 amide bonds. The number of para-hydroxylation sites is 2. The van der Waals surface area contributed by atoms with E-state index in [-0.39, 0.29) is 0 Å². The molecule has 2 aromatic carbocycles. The zero-order valence-electron chi connectivity index (χ0n) is 16.1. The number of pyridine rings is 1. The predicted octanol–water partition coefficient (Wildman–Crippen LogP) is 5.68. The lowest BCUT2D eigenvalue weighted by Gasteiger charge is -2.15.